The van der Waals surface area contributed by atoms with Gasteiger partial charge in [0.1, 0.15) is 11.3 Å². The van der Waals surface area contributed by atoms with Crippen LogP contribution in [-0.2, 0) is 11.2 Å². The Morgan fingerprint density at radius 1 is 1.00 bits per heavy atom. The molecule has 0 bridgehead atoms. The predicted octanol–water partition coefficient (Wildman–Crippen LogP) is 5.27. The number of anilines is 2. The first-order valence-corrected chi connectivity index (χ1v) is 10.3. The molecule has 0 spiro atoms. The number of urea groups is 1. The van der Waals surface area contributed by atoms with Gasteiger partial charge in [0.25, 0.3) is 0 Å². The molecule has 2 N–H and O–H groups in total. The number of carbonyl (C=O) groups is 2. The molecule has 1 aromatic heterocycles. The third kappa shape index (κ3) is 4.22. The van der Waals surface area contributed by atoms with Crippen LogP contribution in [0.25, 0.3) is 17.0 Å². The van der Waals surface area contributed by atoms with Crippen molar-refractivity contribution in [3.05, 3.63) is 65.9 Å². The number of nitrogens with zero attached hydrogens (tertiary/aromatic N) is 1. The van der Waals surface area contributed by atoms with Crippen LogP contribution in [0.3, 0.4) is 0 Å². The average Bonchev–Trinajstić information content (AvgIpc) is 3.41. The van der Waals surface area contributed by atoms with Crippen LogP contribution in [0.15, 0.2) is 59.0 Å². The Bertz CT molecular complexity index is 1090. The van der Waals surface area contributed by atoms with Crippen LogP contribution in [0.2, 0.25) is 0 Å². The normalized spacial score (nSPS) is 13.8. The molecule has 1 aliphatic rings. The van der Waals surface area contributed by atoms with Gasteiger partial charge in [-0.25, -0.2) is 4.79 Å². The smallest absolute Gasteiger partial charge is 0.321 e. The first kappa shape index (κ1) is 19.8. The lowest BCUT2D eigenvalue weighted by molar-refractivity contribution is -0.111. The van der Waals surface area contributed by atoms with Crippen LogP contribution in [0.1, 0.15) is 31.1 Å². The first-order chi connectivity index (χ1) is 14.7. The van der Waals surface area contributed by atoms with E-state index >= 15 is 0 Å². The number of amides is 3. The first-order valence-electron chi connectivity index (χ1n) is 10.3. The van der Waals surface area contributed by atoms with Gasteiger partial charge in [-0.3, -0.25) is 4.79 Å². The number of likely N-dealkylation sites (tertiary alicyclic amines) is 1. The Balaban J connectivity index is 1.49. The predicted molar refractivity (Wildman–Crippen MR) is 120 cm³/mol. The van der Waals surface area contributed by atoms with E-state index in [0.717, 1.165) is 54.6 Å². The quantitative estimate of drug-likeness (QED) is 0.570. The van der Waals surface area contributed by atoms with Crippen LogP contribution < -0.4 is 10.6 Å². The number of aryl methyl sites for hydroxylation is 1. The van der Waals surface area contributed by atoms with Gasteiger partial charge in [0.15, 0.2) is 0 Å². The summed E-state index contributed by atoms with van der Waals surface area (Å²) in [4.78, 5) is 26.8. The Kier molecular flexibility index (Phi) is 5.84. The molecule has 6 heteroatoms. The van der Waals surface area contributed by atoms with Crippen molar-refractivity contribution in [1.82, 2.24) is 4.90 Å². The Labute approximate surface area is 175 Å². The largest absolute Gasteiger partial charge is 0.460 e. The van der Waals surface area contributed by atoms with Crippen molar-refractivity contribution in [3.8, 4) is 0 Å². The standard InChI is InChI=1S/C24H25N3O3/c1-2-21-18(17-9-3-6-12-22(17)30-21)13-14-23(28)25-19-10-4-5-11-20(19)26-24(29)27-15-7-8-16-27/h3-6,9-14H,2,7-8,15-16H2,1H3,(H,25,28)(H,26,29). The lowest BCUT2D eigenvalue weighted by Gasteiger charge is -2.18. The fraction of sp³-hybridized carbons (Fsp3) is 0.250. The van der Waals surface area contributed by atoms with E-state index in [-0.39, 0.29) is 11.9 Å². The summed E-state index contributed by atoms with van der Waals surface area (Å²) in [6.45, 7) is 3.55. The summed E-state index contributed by atoms with van der Waals surface area (Å²) in [5.41, 5.74) is 2.87. The maximum Gasteiger partial charge on any atom is 0.321 e. The minimum atomic E-state index is -0.273. The molecule has 30 heavy (non-hydrogen) atoms. The maximum atomic E-state index is 12.6. The van der Waals surface area contributed by atoms with E-state index in [1.807, 2.05) is 43.3 Å². The molecule has 3 aromatic rings. The summed E-state index contributed by atoms with van der Waals surface area (Å²) >= 11 is 0. The van der Waals surface area contributed by atoms with Gasteiger partial charge in [-0.2, -0.15) is 0 Å². The van der Waals surface area contributed by atoms with Crippen LogP contribution >= 0.6 is 0 Å². The van der Waals surface area contributed by atoms with Crippen molar-refractivity contribution in [2.75, 3.05) is 23.7 Å². The number of hydrogen-bond donors (Lipinski definition) is 2. The average molecular weight is 403 g/mol. The molecule has 0 aliphatic carbocycles. The monoisotopic (exact) mass is 403 g/mol. The summed E-state index contributed by atoms with van der Waals surface area (Å²) in [6, 6.07) is 14.9. The highest BCUT2D eigenvalue weighted by atomic mass is 16.3. The van der Waals surface area contributed by atoms with Gasteiger partial charge in [0, 0.05) is 36.5 Å². The summed E-state index contributed by atoms with van der Waals surface area (Å²) < 4.78 is 5.88. The highest BCUT2D eigenvalue weighted by Gasteiger charge is 2.19. The van der Waals surface area contributed by atoms with Gasteiger partial charge in [-0.15, -0.1) is 0 Å². The molecule has 1 aliphatic heterocycles. The molecule has 0 unspecified atom stereocenters. The van der Waals surface area contributed by atoms with Gasteiger partial charge in [0.2, 0.25) is 5.91 Å². The van der Waals surface area contributed by atoms with E-state index in [1.54, 1.807) is 23.1 Å². The minimum Gasteiger partial charge on any atom is -0.460 e. The van der Waals surface area contributed by atoms with E-state index < -0.39 is 0 Å². The van der Waals surface area contributed by atoms with E-state index in [1.165, 1.54) is 6.08 Å². The van der Waals surface area contributed by atoms with Crippen molar-refractivity contribution in [3.63, 3.8) is 0 Å². The highest BCUT2D eigenvalue weighted by molar-refractivity contribution is 6.06. The molecule has 0 radical (unpaired) electrons. The van der Waals surface area contributed by atoms with E-state index in [2.05, 4.69) is 10.6 Å². The number of benzene rings is 2. The number of fused-ring (bicyclic) bond motifs is 1. The number of furan rings is 1. The zero-order valence-corrected chi connectivity index (χ0v) is 17.0. The van der Waals surface area contributed by atoms with Gasteiger partial charge < -0.3 is 20.0 Å². The second-order valence-corrected chi connectivity index (χ2v) is 7.28. The fourth-order valence-corrected chi connectivity index (χ4v) is 3.71. The zero-order chi connectivity index (χ0) is 20.9. The number of rotatable bonds is 5. The topological polar surface area (TPSA) is 74.6 Å². The molecule has 0 saturated carbocycles. The fourth-order valence-electron chi connectivity index (χ4n) is 3.71. The zero-order valence-electron chi connectivity index (χ0n) is 17.0. The van der Waals surface area contributed by atoms with Crippen molar-refractivity contribution in [1.29, 1.82) is 0 Å². The van der Waals surface area contributed by atoms with Crippen LogP contribution in [0.5, 0.6) is 0 Å². The summed E-state index contributed by atoms with van der Waals surface area (Å²) in [5.74, 6) is 0.573. The number of carbonyl (C=O) groups excluding carboxylic acids is 2. The van der Waals surface area contributed by atoms with E-state index in [0.29, 0.717) is 11.4 Å². The third-order valence-corrected chi connectivity index (χ3v) is 5.25. The van der Waals surface area contributed by atoms with E-state index in [4.69, 9.17) is 4.42 Å². The molecule has 2 heterocycles. The van der Waals surface area contributed by atoms with Crippen molar-refractivity contribution < 1.29 is 14.0 Å². The number of para-hydroxylation sites is 3. The third-order valence-electron chi connectivity index (χ3n) is 5.25. The second-order valence-electron chi connectivity index (χ2n) is 7.28. The van der Waals surface area contributed by atoms with Crippen molar-refractivity contribution in [2.45, 2.75) is 26.2 Å². The van der Waals surface area contributed by atoms with E-state index in [9.17, 15) is 9.59 Å². The molecule has 6 nitrogen and oxygen atoms in total. The molecular formula is C24H25N3O3. The summed E-state index contributed by atoms with van der Waals surface area (Å²) in [5, 5.41) is 6.75. The van der Waals surface area contributed by atoms with Crippen LogP contribution in [0.4, 0.5) is 16.2 Å². The van der Waals surface area contributed by atoms with Crippen molar-refractivity contribution in [2.24, 2.45) is 0 Å². The van der Waals surface area contributed by atoms with Gasteiger partial charge in [0.05, 0.1) is 11.4 Å². The maximum absolute atomic E-state index is 12.6. The van der Waals surface area contributed by atoms with Crippen LogP contribution in [0, 0.1) is 0 Å². The molecule has 4 rings (SSSR count). The molecule has 154 valence electrons. The molecule has 2 aromatic carbocycles. The van der Waals surface area contributed by atoms with Crippen LogP contribution in [-0.4, -0.2) is 29.9 Å². The molecule has 1 saturated heterocycles. The molecule has 3 amide bonds. The lowest BCUT2D eigenvalue weighted by Crippen LogP contribution is -2.32. The van der Waals surface area contributed by atoms with Gasteiger partial charge >= 0.3 is 6.03 Å². The molecular weight excluding hydrogens is 378 g/mol. The van der Waals surface area contributed by atoms with Gasteiger partial charge in [-0.1, -0.05) is 37.3 Å². The van der Waals surface area contributed by atoms with Gasteiger partial charge in [-0.05, 0) is 37.1 Å². The molecule has 0 atom stereocenters. The Hall–Kier alpha value is -3.54. The Morgan fingerprint density at radius 2 is 1.67 bits per heavy atom. The Morgan fingerprint density at radius 3 is 2.40 bits per heavy atom. The molecule has 1 fully saturated rings. The number of nitrogens with one attached hydrogen (secondary N) is 2. The number of hydrogen-bond acceptors (Lipinski definition) is 3. The minimum absolute atomic E-state index is 0.137. The second kappa shape index (κ2) is 8.86. The summed E-state index contributed by atoms with van der Waals surface area (Å²) in [6.07, 6.45) is 6.07. The SMILES string of the molecule is CCc1oc2ccccc2c1C=CC(=O)Nc1ccccc1NC(=O)N1CCCC1. The van der Waals surface area contributed by atoms with Crippen molar-refractivity contribution >= 4 is 40.4 Å². The summed E-state index contributed by atoms with van der Waals surface area (Å²) in [7, 11) is 0. The lowest BCUT2D eigenvalue weighted by atomic mass is 10.1. The highest BCUT2D eigenvalue weighted by Crippen LogP contribution is 2.28.